The molecule has 1 aliphatic heterocycles. The normalized spacial score (nSPS) is 33.5. The van der Waals surface area contributed by atoms with E-state index in [1.165, 1.54) is 0 Å². The standard InChI is InChI=1S/C10H14F3NO2/c11-10(12,13)9(15)14-5-6-16-8-4-2-1-3-7(8)14/h1-2,7-9,15H,3-6H2/t7-,8+,9+/m1/s1. The van der Waals surface area contributed by atoms with E-state index in [1.807, 2.05) is 12.2 Å². The maximum atomic E-state index is 12.4. The zero-order valence-electron chi connectivity index (χ0n) is 8.65. The third kappa shape index (κ3) is 2.23. The Labute approximate surface area is 91.5 Å². The Hall–Kier alpha value is -0.590. The van der Waals surface area contributed by atoms with Crippen LogP contribution in [0, 0.1) is 0 Å². The molecule has 3 atom stereocenters. The van der Waals surface area contributed by atoms with E-state index in [0.29, 0.717) is 12.8 Å². The Kier molecular flexibility index (Phi) is 3.23. The number of hydrogen-bond acceptors (Lipinski definition) is 3. The van der Waals surface area contributed by atoms with E-state index in [2.05, 4.69) is 0 Å². The van der Waals surface area contributed by atoms with Gasteiger partial charge in [-0.2, -0.15) is 13.2 Å². The van der Waals surface area contributed by atoms with Gasteiger partial charge in [-0.25, -0.2) is 0 Å². The van der Waals surface area contributed by atoms with Crippen molar-refractivity contribution in [1.29, 1.82) is 0 Å². The van der Waals surface area contributed by atoms with Gasteiger partial charge in [0, 0.05) is 12.6 Å². The van der Waals surface area contributed by atoms with Gasteiger partial charge in [0.05, 0.1) is 12.7 Å². The molecule has 0 aromatic heterocycles. The summed E-state index contributed by atoms with van der Waals surface area (Å²) < 4.78 is 42.7. The number of aliphatic hydroxyl groups excluding tert-OH is 1. The largest absolute Gasteiger partial charge is 0.428 e. The van der Waals surface area contributed by atoms with E-state index in [9.17, 15) is 18.3 Å². The van der Waals surface area contributed by atoms with Crippen LogP contribution >= 0.6 is 0 Å². The predicted octanol–water partition coefficient (Wildman–Crippen LogP) is 1.29. The molecule has 0 radical (unpaired) electrons. The van der Waals surface area contributed by atoms with Gasteiger partial charge in [-0.05, 0) is 12.8 Å². The highest BCUT2D eigenvalue weighted by Crippen LogP contribution is 2.31. The molecule has 1 heterocycles. The Bertz CT molecular complexity index is 280. The quantitative estimate of drug-likeness (QED) is 0.697. The first-order chi connectivity index (χ1) is 7.50. The molecule has 1 saturated heterocycles. The van der Waals surface area contributed by atoms with Crippen molar-refractivity contribution in [3.05, 3.63) is 12.2 Å². The number of rotatable bonds is 1. The molecule has 1 fully saturated rings. The third-order valence-electron chi connectivity index (χ3n) is 3.06. The van der Waals surface area contributed by atoms with Gasteiger partial charge in [-0.15, -0.1) is 0 Å². The van der Waals surface area contributed by atoms with Gasteiger partial charge in [0.15, 0.2) is 0 Å². The zero-order chi connectivity index (χ0) is 11.8. The Morgan fingerprint density at radius 1 is 1.31 bits per heavy atom. The van der Waals surface area contributed by atoms with Gasteiger partial charge in [-0.1, -0.05) is 12.2 Å². The van der Waals surface area contributed by atoms with Crippen LogP contribution in [0.25, 0.3) is 0 Å². The van der Waals surface area contributed by atoms with Gasteiger partial charge < -0.3 is 9.84 Å². The van der Waals surface area contributed by atoms with E-state index in [0.717, 1.165) is 4.90 Å². The van der Waals surface area contributed by atoms with Crippen molar-refractivity contribution in [2.75, 3.05) is 13.2 Å². The Morgan fingerprint density at radius 2 is 2.00 bits per heavy atom. The number of nitrogens with zero attached hydrogens (tertiary/aromatic N) is 1. The molecule has 0 saturated carbocycles. The molecule has 16 heavy (non-hydrogen) atoms. The van der Waals surface area contributed by atoms with Crippen LogP contribution in [0.4, 0.5) is 13.2 Å². The number of hydrogen-bond donors (Lipinski definition) is 1. The average Bonchev–Trinajstić information content (AvgIpc) is 2.26. The number of fused-ring (bicyclic) bond motifs is 1. The summed E-state index contributed by atoms with van der Waals surface area (Å²) in [7, 11) is 0. The lowest BCUT2D eigenvalue weighted by atomic mass is 9.95. The fourth-order valence-electron chi connectivity index (χ4n) is 2.27. The molecule has 2 aliphatic rings. The lowest BCUT2D eigenvalue weighted by Crippen LogP contribution is -2.59. The van der Waals surface area contributed by atoms with Crippen molar-refractivity contribution < 1.29 is 23.0 Å². The molecule has 0 amide bonds. The smallest absolute Gasteiger partial charge is 0.375 e. The molecule has 0 unspecified atom stereocenters. The molecule has 6 heteroatoms. The van der Waals surface area contributed by atoms with Crippen LogP contribution in [-0.4, -0.2) is 47.7 Å². The van der Waals surface area contributed by atoms with Crippen molar-refractivity contribution in [2.45, 2.75) is 37.4 Å². The van der Waals surface area contributed by atoms with Crippen molar-refractivity contribution >= 4 is 0 Å². The van der Waals surface area contributed by atoms with E-state index in [1.54, 1.807) is 0 Å². The molecule has 2 rings (SSSR count). The van der Waals surface area contributed by atoms with Crippen LogP contribution in [0.3, 0.4) is 0 Å². The molecule has 0 aromatic carbocycles. The van der Waals surface area contributed by atoms with E-state index in [4.69, 9.17) is 4.74 Å². The SMILES string of the molecule is O[C@H](N1CCO[C@H]2CC=CC[C@H]21)C(F)(F)F. The summed E-state index contributed by atoms with van der Waals surface area (Å²) in [5.74, 6) is 0. The summed E-state index contributed by atoms with van der Waals surface area (Å²) in [6.07, 6.45) is -2.34. The summed E-state index contributed by atoms with van der Waals surface area (Å²) in [6.45, 7) is 0.359. The van der Waals surface area contributed by atoms with Gasteiger partial charge in [-0.3, -0.25) is 4.90 Å². The van der Waals surface area contributed by atoms with E-state index >= 15 is 0 Å². The van der Waals surface area contributed by atoms with Crippen LogP contribution in [0.15, 0.2) is 12.2 Å². The first-order valence-corrected chi connectivity index (χ1v) is 5.27. The maximum Gasteiger partial charge on any atom is 0.428 e. The van der Waals surface area contributed by atoms with Gasteiger partial charge in [0.2, 0.25) is 6.23 Å². The lowest BCUT2D eigenvalue weighted by Gasteiger charge is -2.44. The highest BCUT2D eigenvalue weighted by Gasteiger charge is 2.47. The van der Waals surface area contributed by atoms with Gasteiger partial charge in [0.1, 0.15) is 0 Å². The molecule has 1 aliphatic carbocycles. The van der Waals surface area contributed by atoms with E-state index in [-0.39, 0.29) is 25.3 Å². The molecule has 0 spiro atoms. The number of morpholine rings is 1. The monoisotopic (exact) mass is 237 g/mol. The van der Waals surface area contributed by atoms with Crippen LogP contribution in [0.1, 0.15) is 12.8 Å². The van der Waals surface area contributed by atoms with Crippen molar-refractivity contribution in [1.82, 2.24) is 4.90 Å². The van der Waals surface area contributed by atoms with E-state index < -0.39 is 12.4 Å². The van der Waals surface area contributed by atoms with Gasteiger partial charge in [0.25, 0.3) is 0 Å². The Balaban J connectivity index is 2.11. The third-order valence-corrected chi connectivity index (χ3v) is 3.06. The first kappa shape index (κ1) is 11.9. The number of ether oxygens (including phenoxy) is 1. The van der Waals surface area contributed by atoms with Crippen molar-refractivity contribution in [2.24, 2.45) is 0 Å². The summed E-state index contributed by atoms with van der Waals surface area (Å²) in [6, 6.07) is -0.365. The van der Waals surface area contributed by atoms with Gasteiger partial charge >= 0.3 is 6.18 Å². The summed E-state index contributed by atoms with van der Waals surface area (Å²) in [4.78, 5) is 1.09. The Morgan fingerprint density at radius 3 is 2.69 bits per heavy atom. The molecule has 0 bridgehead atoms. The molecule has 3 nitrogen and oxygen atoms in total. The first-order valence-electron chi connectivity index (χ1n) is 5.27. The minimum Gasteiger partial charge on any atom is -0.375 e. The molecular formula is C10H14F3NO2. The minimum absolute atomic E-state index is 0.121. The summed E-state index contributed by atoms with van der Waals surface area (Å²) >= 11 is 0. The number of halogens is 3. The predicted molar refractivity (Wildman–Crippen MR) is 50.7 cm³/mol. The van der Waals surface area contributed by atoms with Crippen molar-refractivity contribution in [3.8, 4) is 0 Å². The summed E-state index contributed by atoms with van der Waals surface area (Å²) in [5.41, 5.74) is 0. The summed E-state index contributed by atoms with van der Waals surface area (Å²) in [5, 5.41) is 9.27. The zero-order valence-corrected chi connectivity index (χ0v) is 8.65. The molecule has 92 valence electrons. The fraction of sp³-hybridized carbons (Fsp3) is 0.800. The highest BCUT2D eigenvalue weighted by molar-refractivity contribution is 5.01. The molecule has 0 aromatic rings. The fourth-order valence-corrected chi connectivity index (χ4v) is 2.27. The molecular weight excluding hydrogens is 223 g/mol. The topological polar surface area (TPSA) is 32.7 Å². The van der Waals surface area contributed by atoms with Crippen LogP contribution in [-0.2, 0) is 4.74 Å². The van der Waals surface area contributed by atoms with Crippen LogP contribution in [0.2, 0.25) is 0 Å². The maximum absolute atomic E-state index is 12.4. The minimum atomic E-state index is -4.59. The number of aliphatic hydroxyl groups is 1. The highest BCUT2D eigenvalue weighted by atomic mass is 19.4. The van der Waals surface area contributed by atoms with Crippen LogP contribution < -0.4 is 0 Å². The second-order valence-corrected chi connectivity index (χ2v) is 4.07. The van der Waals surface area contributed by atoms with Crippen LogP contribution in [0.5, 0.6) is 0 Å². The van der Waals surface area contributed by atoms with Crippen molar-refractivity contribution in [3.63, 3.8) is 0 Å². The lowest BCUT2D eigenvalue weighted by molar-refractivity contribution is -0.272. The average molecular weight is 237 g/mol. The molecule has 1 N–H and O–H groups in total. The number of alkyl halides is 3. The second-order valence-electron chi connectivity index (χ2n) is 4.07. The second kappa shape index (κ2) is 4.35.